The van der Waals surface area contributed by atoms with Crippen LogP contribution in [0.4, 0.5) is 0 Å². The maximum Gasteiger partial charge on any atom is 0 e. The molecule has 0 aromatic heterocycles. The van der Waals surface area contributed by atoms with Crippen molar-refractivity contribution >= 4 is 5.97 Å². The Morgan fingerprint density at radius 3 is 1.71 bits per heavy atom. The van der Waals surface area contributed by atoms with Crippen molar-refractivity contribution in [3.8, 4) is 0 Å². The Balaban J connectivity index is -0.0000000883. The number of carboxylic acids is 1. The summed E-state index contributed by atoms with van der Waals surface area (Å²) < 4.78 is 15.0. The third-order valence-electron chi connectivity index (χ3n) is 1.01. The summed E-state index contributed by atoms with van der Waals surface area (Å²) in [6.45, 7) is 12.8. The molecular weight excluding hydrogens is 277 g/mol. The molecule has 6 heteroatoms. The van der Waals surface area contributed by atoms with Crippen molar-refractivity contribution in [1.29, 1.82) is 0 Å². The molecule has 0 aromatic carbocycles. The first kappa shape index (κ1) is 23.4. The van der Waals surface area contributed by atoms with Crippen LogP contribution in [0.15, 0.2) is 0 Å². The average Bonchev–Trinajstić information content (AvgIpc) is 2.10. The Hall–Kier alpha value is -0.467. The van der Waals surface area contributed by atoms with E-state index >= 15 is 0 Å². The predicted molar refractivity (Wildman–Crippen MR) is 43.1 cm³/mol. The van der Waals surface area contributed by atoms with Gasteiger partial charge in [-0.1, -0.05) is 20.3 Å². The summed E-state index contributed by atoms with van der Waals surface area (Å²) in [6, 6.07) is -0.940. The average molecular weight is 289 g/mol. The molecule has 2 N–H and O–H groups in total. The summed E-state index contributed by atoms with van der Waals surface area (Å²) in [4.78, 5) is 10.0. The zero-order valence-corrected chi connectivity index (χ0v) is 9.51. The fourth-order valence-electron chi connectivity index (χ4n) is 0.572. The van der Waals surface area contributed by atoms with Gasteiger partial charge in [0.15, 0.2) is 0 Å². The summed E-state index contributed by atoms with van der Waals surface area (Å²) in [7, 11) is 0. The molecule has 0 aromatic rings. The first-order valence-corrected chi connectivity index (χ1v) is 3.38. The fourth-order valence-corrected chi connectivity index (χ4v) is 0.572. The Labute approximate surface area is 96.2 Å². The molecule has 1 unspecified atom stereocenters. The van der Waals surface area contributed by atoms with Gasteiger partial charge in [-0.05, 0) is 12.0 Å². The van der Waals surface area contributed by atoms with E-state index in [9.17, 15) is 4.79 Å². The molecule has 1 radical (unpaired) electrons. The molecular formula is C8H12NO4Rh-. The molecule has 0 aliphatic heterocycles. The zero-order valence-electron chi connectivity index (χ0n) is 7.87. The maximum absolute atomic E-state index is 10.0. The van der Waals surface area contributed by atoms with Gasteiger partial charge >= 0.3 is 22.6 Å². The Morgan fingerprint density at radius 1 is 1.36 bits per heavy atom. The van der Waals surface area contributed by atoms with E-state index < -0.39 is 12.0 Å². The molecule has 0 saturated carbocycles. The summed E-state index contributed by atoms with van der Waals surface area (Å²) >= 11 is 0. The van der Waals surface area contributed by atoms with Crippen LogP contribution in [0.3, 0.4) is 0 Å². The molecule has 0 spiro atoms. The van der Waals surface area contributed by atoms with Gasteiger partial charge in [-0.2, -0.15) is 0 Å². The summed E-state index contributed by atoms with van der Waals surface area (Å²) in [6.07, 6.45) is 0.440. The summed E-state index contributed by atoms with van der Waals surface area (Å²) in [5, 5.41) is 8.24. The van der Waals surface area contributed by atoms with Crippen molar-refractivity contribution in [2.24, 2.45) is 5.92 Å². The topological polar surface area (TPSA) is 101 Å². The van der Waals surface area contributed by atoms with E-state index in [1.807, 2.05) is 13.8 Å². The molecule has 0 amide bonds. The summed E-state index contributed by atoms with van der Waals surface area (Å²) in [5.41, 5.74) is 6.96. The molecule has 0 bridgehead atoms. The van der Waals surface area contributed by atoms with Crippen molar-refractivity contribution < 1.29 is 38.7 Å². The van der Waals surface area contributed by atoms with E-state index in [0.717, 1.165) is 0 Å². The van der Waals surface area contributed by atoms with E-state index in [-0.39, 0.29) is 19.5 Å². The second-order valence-electron chi connectivity index (χ2n) is 2.52. The molecule has 83 valence electrons. The van der Waals surface area contributed by atoms with Gasteiger partial charge in [0.1, 0.15) is 0 Å². The predicted octanol–water partition coefficient (Wildman–Crippen LogP) is 1.46. The second kappa shape index (κ2) is 18.3. The van der Waals surface area contributed by atoms with Crippen LogP contribution < -0.4 is 0 Å². The number of rotatable bonds is 3. The first-order chi connectivity index (χ1) is 6.04. The van der Waals surface area contributed by atoms with Crippen LogP contribution in [-0.2, 0) is 33.6 Å². The van der Waals surface area contributed by atoms with Gasteiger partial charge in [0.05, 0.1) is 0 Å². The van der Waals surface area contributed by atoms with Crippen molar-refractivity contribution in [2.45, 2.75) is 26.3 Å². The summed E-state index contributed by atoms with van der Waals surface area (Å²) in [5.74, 6) is -0.729. The van der Waals surface area contributed by atoms with Crippen molar-refractivity contribution in [3.05, 3.63) is 19.0 Å². The van der Waals surface area contributed by atoms with Gasteiger partial charge in [-0.15, -0.1) is 0 Å². The van der Waals surface area contributed by atoms with Gasteiger partial charge in [0, 0.05) is 19.5 Å². The van der Waals surface area contributed by atoms with Gasteiger partial charge in [-0.25, -0.2) is 0 Å². The third kappa shape index (κ3) is 22.5. The van der Waals surface area contributed by atoms with Crippen molar-refractivity contribution in [3.63, 3.8) is 0 Å². The number of nitrogens with one attached hydrogen (secondary N) is 1. The zero-order chi connectivity index (χ0) is 11.4. The molecule has 0 aliphatic rings. The standard InChI is InChI=1S/C6H12NO2.2CO.Rh/c1-4(2)3-5(7)6(8)9;2*1-2;/h4-5,7H,3H2,1-2H3,(H,8,9);;;/q-1;;;. The van der Waals surface area contributed by atoms with Crippen LogP contribution in [0.2, 0.25) is 0 Å². The minimum Gasteiger partial charge on any atom is 0 e. The molecule has 0 rings (SSSR count). The van der Waals surface area contributed by atoms with E-state index in [0.29, 0.717) is 12.3 Å². The third-order valence-corrected chi connectivity index (χ3v) is 1.01. The largest absolute Gasteiger partial charge is 0 e. The van der Waals surface area contributed by atoms with Crippen LogP contribution in [0.1, 0.15) is 20.3 Å². The fraction of sp³-hybridized carbons (Fsp3) is 0.625. The van der Waals surface area contributed by atoms with Crippen LogP contribution in [0, 0.1) is 19.2 Å². The number of aliphatic carboxylic acids is 1. The molecule has 0 saturated heterocycles. The number of hydrogen-bond donors (Lipinski definition) is 1. The van der Waals surface area contributed by atoms with Crippen LogP contribution >= 0.6 is 0 Å². The maximum atomic E-state index is 10.0. The molecule has 5 nitrogen and oxygen atoms in total. The van der Waals surface area contributed by atoms with Crippen molar-refractivity contribution in [2.75, 3.05) is 0 Å². The second-order valence-corrected chi connectivity index (χ2v) is 2.52. The van der Waals surface area contributed by atoms with Crippen LogP contribution in [0.5, 0.6) is 0 Å². The van der Waals surface area contributed by atoms with E-state index in [1.54, 1.807) is 0 Å². The molecule has 1 atom stereocenters. The van der Waals surface area contributed by atoms with Crippen LogP contribution in [-0.4, -0.2) is 17.1 Å². The smallest absolute Gasteiger partial charge is 0 e. The van der Waals surface area contributed by atoms with E-state index in [1.165, 1.54) is 0 Å². The number of hydrogen-bond acceptors (Lipinski definition) is 1. The minimum absolute atomic E-state index is 0. The molecule has 0 fully saturated rings. The molecule has 0 heterocycles. The Bertz CT molecular complexity index is 161. The van der Waals surface area contributed by atoms with Crippen LogP contribution in [0.25, 0.3) is 5.73 Å². The van der Waals surface area contributed by atoms with Crippen molar-refractivity contribution in [1.82, 2.24) is 0 Å². The number of carbonyl (C=O) groups is 1. The van der Waals surface area contributed by atoms with Gasteiger partial charge in [0.25, 0.3) is 5.97 Å². The molecule has 0 aliphatic carbocycles. The normalized spacial score (nSPS) is 9.14. The number of carboxylic acid groups (broad SMARTS) is 1. The molecule has 14 heavy (non-hydrogen) atoms. The first-order valence-electron chi connectivity index (χ1n) is 3.38. The van der Waals surface area contributed by atoms with Gasteiger partial charge < -0.3 is 10.8 Å². The Kier molecular flexibility index (Phi) is 30.6. The minimum atomic E-state index is -1.02. The van der Waals surface area contributed by atoms with E-state index in [4.69, 9.17) is 20.1 Å². The van der Waals surface area contributed by atoms with Gasteiger partial charge in [0.2, 0.25) is 0 Å². The SMILES string of the molecule is CC(C)CC([NH-])C(=O)O.[C-]#[O+].[C-]#[O+].[Rh]. The Morgan fingerprint density at radius 2 is 1.64 bits per heavy atom. The van der Waals surface area contributed by atoms with Gasteiger partial charge in [-0.3, -0.25) is 4.79 Å². The van der Waals surface area contributed by atoms with E-state index in [2.05, 4.69) is 13.3 Å². The quantitative estimate of drug-likeness (QED) is 0.483. The monoisotopic (exact) mass is 289 g/mol.